The first-order valence-electron chi connectivity index (χ1n) is 3.34. The lowest BCUT2D eigenvalue weighted by molar-refractivity contribution is 1.24. The second-order valence-electron chi connectivity index (χ2n) is 2.22. The van der Waals surface area contributed by atoms with Gasteiger partial charge in [0.25, 0.3) is 0 Å². The fraction of sp³-hybridized carbons (Fsp3) is 0.250. The van der Waals surface area contributed by atoms with Crippen molar-refractivity contribution in [2.75, 3.05) is 7.05 Å². The Morgan fingerprint density at radius 2 is 2.18 bits per heavy atom. The molecule has 0 saturated carbocycles. The monoisotopic (exact) mass is 231 g/mol. The minimum atomic E-state index is 1.13. The maximum absolute atomic E-state index is 3.42. The Hall–Kier alpha value is 0.01000. The molecule has 0 aliphatic heterocycles. The minimum absolute atomic E-state index is 1.13. The molecule has 0 radical (unpaired) electrons. The predicted octanol–water partition coefficient (Wildman–Crippen LogP) is 2.98. The number of hydrogen-bond acceptors (Lipinski definition) is 2. The first kappa shape index (κ1) is 9.10. The molecule has 1 nitrogen and oxygen atoms in total. The van der Waals surface area contributed by atoms with E-state index in [0.717, 1.165) is 4.47 Å². The van der Waals surface area contributed by atoms with Gasteiger partial charge in [0, 0.05) is 9.37 Å². The fourth-order valence-corrected chi connectivity index (χ4v) is 1.89. The largest absolute Gasteiger partial charge is 0.263 e. The molecule has 3 heteroatoms. The summed E-state index contributed by atoms with van der Waals surface area (Å²) in [4.78, 5) is 1.27. The summed E-state index contributed by atoms with van der Waals surface area (Å²) < 4.78 is 4.18. The van der Waals surface area contributed by atoms with Crippen LogP contribution in [0.1, 0.15) is 5.56 Å². The van der Waals surface area contributed by atoms with Crippen LogP contribution in [0.5, 0.6) is 0 Å². The molecular formula is C8H10BrNS. The maximum atomic E-state index is 3.42. The van der Waals surface area contributed by atoms with Gasteiger partial charge in [-0.2, -0.15) is 0 Å². The first-order chi connectivity index (χ1) is 5.24. The van der Waals surface area contributed by atoms with E-state index in [-0.39, 0.29) is 0 Å². The highest BCUT2D eigenvalue weighted by atomic mass is 79.9. The molecule has 0 heterocycles. The van der Waals surface area contributed by atoms with Crippen LogP contribution in [-0.4, -0.2) is 7.05 Å². The smallest absolute Gasteiger partial charge is 0.0258 e. The molecule has 0 aromatic heterocycles. The van der Waals surface area contributed by atoms with E-state index in [9.17, 15) is 0 Å². The fourth-order valence-electron chi connectivity index (χ4n) is 0.837. The average molecular weight is 232 g/mol. The van der Waals surface area contributed by atoms with E-state index in [0.29, 0.717) is 0 Å². The van der Waals surface area contributed by atoms with Crippen LogP contribution < -0.4 is 4.72 Å². The third kappa shape index (κ3) is 2.51. The van der Waals surface area contributed by atoms with E-state index in [4.69, 9.17) is 0 Å². The van der Waals surface area contributed by atoms with Crippen molar-refractivity contribution >= 4 is 27.9 Å². The number of benzene rings is 1. The molecular weight excluding hydrogens is 222 g/mol. The van der Waals surface area contributed by atoms with E-state index < -0.39 is 0 Å². The number of hydrogen-bond donors (Lipinski definition) is 1. The molecule has 1 aromatic rings. The van der Waals surface area contributed by atoms with Crippen LogP contribution in [0.2, 0.25) is 0 Å². The van der Waals surface area contributed by atoms with Gasteiger partial charge in [-0.15, -0.1) is 0 Å². The van der Waals surface area contributed by atoms with Gasteiger partial charge in [0.15, 0.2) is 0 Å². The van der Waals surface area contributed by atoms with E-state index in [2.05, 4.69) is 39.7 Å². The maximum Gasteiger partial charge on any atom is 0.0258 e. The lowest BCUT2D eigenvalue weighted by Crippen LogP contribution is -1.91. The van der Waals surface area contributed by atoms with E-state index in [1.807, 2.05) is 13.1 Å². The molecule has 0 unspecified atom stereocenters. The van der Waals surface area contributed by atoms with Crippen molar-refractivity contribution in [2.24, 2.45) is 0 Å². The Morgan fingerprint density at radius 3 is 2.73 bits per heavy atom. The molecule has 0 atom stereocenters. The van der Waals surface area contributed by atoms with Crippen LogP contribution in [0, 0.1) is 6.92 Å². The lowest BCUT2D eigenvalue weighted by atomic mass is 10.2. The molecule has 0 aliphatic carbocycles. The highest BCUT2D eigenvalue weighted by Gasteiger charge is 1.96. The lowest BCUT2D eigenvalue weighted by Gasteiger charge is -2.03. The normalized spacial score (nSPS) is 10.1. The van der Waals surface area contributed by atoms with E-state index >= 15 is 0 Å². The Labute approximate surface area is 79.8 Å². The standard InChI is InChI=1S/C8H10BrNS/c1-6-5-7(9)3-4-8(6)11-10-2/h3-5,10H,1-2H3. The Balaban J connectivity index is 2.90. The predicted molar refractivity (Wildman–Crippen MR) is 53.8 cm³/mol. The van der Waals surface area contributed by atoms with Gasteiger partial charge in [-0.1, -0.05) is 15.9 Å². The summed E-state index contributed by atoms with van der Waals surface area (Å²) in [6.45, 7) is 2.10. The van der Waals surface area contributed by atoms with Gasteiger partial charge in [0.2, 0.25) is 0 Å². The van der Waals surface area contributed by atoms with Crippen molar-refractivity contribution in [2.45, 2.75) is 11.8 Å². The van der Waals surface area contributed by atoms with Crippen molar-refractivity contribution in [3.63, 3.8) is 0 Å². The second kappa shape index (κ2) is 4.14. The summed E-state index contributed by atoms with van der Waals surface area (Å²) in [5.74, 6) is 0. The number of rotatable bonds is 2. The highest BCUT2D eigenvalue weighted by Crippen LogP contribution is 2.22. The summed E-state index contributed by atoms with van der Waals surface area (Å²) in [7, 11) is 1.92. The van der Waals surface area contributed by atoms with Crippen molar-refractivity contribution in [1.29, 1.82) is 0 Å². The zero-order valence-electron chi connectivity index (χ0n) is 6.52. The molecule has 0 bridgehead atoms. The summed E-state index contributed by atoms with van der Waals surface area (Å²) in [6.07, 6.45) is 0. The summed E-state index contributed by atoms with van der Waals surface area (Å²) in [6, 6.07) is 6.26. The molecule has 1 N–H and O–H groups in total. The average Bonchev–Trinajstić information content (AvgIpc) is 1.95. The van der Waals surface area contributed by atoms with Gasteiger partial charge < -0.3 is 0 Å². The molecule has 0 spiro atoms. The Morgan fingerprint density at radius 1 is 1.45 bits per heavy atom. The summed E-state index contributed by atoms with van der Waals surface area (Å²) in [5.41, 5.74) is 1.29. The van der Waals surface area contributed by atoms with Gasteiger partial charge in [0.1, 0.15) is 0 Å². The van der Waals surface area contributed by atoms with Crippen molar-refractivity contribution in [3.05, 3.63) is 28.2 Å². The number of nitrogens with one attached hydrogen (secondary N) is 1. The molecule has 60 valence electrons. The molecule has 0 aliphatic rings. The third-order valence-corrected chi connectivity index (χ3v) is 2.72. The molecule has 1 aromatic carbocycles. The zero-order chi connectivity index (χ0) is 8.27. The van der Waals surface area contributed by atoms with Gasteiger partial charge in [-0.05, 0) is 49.7 Å². The van der Waals surface area contributed by atoms with Crippen LogP contribution in [0.4, 0.5) is 0 Å². The van der Waals surface area contributed by atoms with Gasteiger partial charge in [0.05, 0.1) is 0 Å². The molecule has 1 rings (SSSR count). The molecule has 0 amide bonds. The zero-order valence-corrected chi connectivity index (χ0v) is 8.92. The van der Waals surface area contributed by atoms with Crippen LogP contribution in [-0.2, 0) is 0 Å². The quantitative estimate of drug-likeness (QED) is 0.786. The summed E-state index contributed by atoms with van der Waals surface area (Å²) in [5, 5.41) is 0. The first-order valence-corrected chi connectivity index (χ1v) is 4.94. The van der Waals surface area contributed by atoms with E-state index in [1.54, 1.807) is 11.9 Å². The summed E-state index contributed by atoms with van der Waals surface area (Å²) >= 11 is 5.06. The Bertz CT molecular complexity index is 250. The van der Waals surface area contributed by atoms with Crippen molar-refractivity contribution in [1.82, 2.24) is 4.72 Å². The molecule has 0 fully saturated rings. The van der Waals surface area contributed by atoms with Crippen molar-refractivity contribution < 1.29 is 0 Å². The second-order valence-corrected chi connectivity index (χ2v) is 4.18. The molecule has 0 saturated heterocycles. The van der Waals surface area contributed by atoms with Gasteiger partial charge in [-0.3, -0.25) is 4.72 Å². The van der Waals surface area contributed by atoms with Gasteiger partial charge >= 0.3 is 0 Å². The Kier molecular flexibility index (Phi) is 3.43. The van der Waals surface area contributed by atoms with Crippen molar-refractivity contribution in [3.8, 4) is 0 Å². The van der Waals surface area contributed by atoms with Crippen LogP contribution in [0.15, 0.2) is 27.6 Å². The SMILES string of the molecule is CNSc1ccc(Br)cc1C. The highest BCUT2D eigenvalue weighted by molar-refractivity contribution is 9.10. The topological polar surface area (TPSA) is 12.0 Å². The van der Waals surface area contributed by atoms with Crippen LogP contribution >= 0.6 is 27.9 Å². The minimum Gasteiger partial charge on any atom is -0.263 e. The van der Waals surface area contributed by atoms with Crippen LogP contribution in [0.3, 0.4) is 0 Å². The van der Waals surface area contributed by atoms with Gasteiger partial charge in [-0.25, -0.2) is 0 Å². The number of halogens is 1. The van der Waals surface area contributed by atoms with E-state index in [1.165, 1.54) is 10.5 Å². The molecule has 11 heavy (non-hydrogen) atoms. The van der Waals surface area contributed by atoms with Crippen LogP contribution in [0.25, 0.3) is 0 Å². The third-order valence-electron chi connectivity index (χ3n) is 1.35. The number of aryl methyl sites for hydroxylation is 1.